The summed E-state index contributed by atoms with van der Waals surface area (Å²) < 4.78 is 45.0. The summed E-state index contributed by atoms with van der Waals surface area (Å²) >= 11 is 5.63. The van der Waals surface area contributed by atoms with E-state index in [0.717, 1.165) is 12.1 Å². The number of hydrogen-bond donors (Lipinski definition) is 2. The van der Waals surface area contributed by atoms with Gasteiger partial charge in [0.2, 0.25) is 10.0 Å². The third kappa shape index (κ3) is 3.41. The summed E-state index contributed by atoms with van der Waals surface area (Å²) in [4.78, 5) is 10.0. The minimum absolute atomic E-state index is 0.132. The van der Waals surface area contributed by atoms with Gasteiger partial charge in [-0.3, -0.25) is 0 Å². The van der Waals surface area contributed by atoms with E-state index in [1.165, 1.54) is 18.6 Å². The lowest BCUT2D eigenvalue weighted by molar-refractivity contribution is 0.0691. The molecule has 0 spiro atoms. The molecule has 2 aromatic rings. The quantitative estimate of drug-likeness (QED) is 0.874. The van der Waals surface area contributed by atoms with Gasteiger partial charge in [-0.2, -0.15) is 0 Å². The van der Waals surface area contributed by atoms with E-state index in [-0.39, 0.29) is 11.6 Å². The lowest BCUT2D eigenvalue weighted by Gasteiger charge is -2.09. The number of halogens is 2. The summed E-state index contributed by atoms with van der Waals surface area (Å²) in [7, 11) is -4.26. The van der Waals surface area contributed by atoms with Crippen LogP contribution in [-0.4, -0.2) is 19.5 Å². The predicted octanol–water partition coefficient (Wildman–Crippen LogP) is 2.25. The van der Waals surface area contributed by atoms with Crippen LogP contribution in [0.25, 0.3) is 0 Å². The Hall–Kier alpha value is -1.90. The Morgan fingerprint density at radius 2 is 2.14 bits per heavy atom. The number of carboxylic acids is 1. The topological polar surface area (TPSA) is 96.6 Å². The summed E-state index contributed by atoms with van der Waals surface area (Å²) in [6.45, 7) is -0.132. The van der Waals surface area contributed by atoms with Gasteiger partial charge in [0.15, 0.2) is 5.82 Å². The second kappa shape index (κ2) is 5.84. The van der Waals surface area contributed by atoms with Gasteiger partial charge in [-0.05, 0) is 18.2 Å². The van der Waals surface area contributed by atoms with Gasteiger partial charge in [0.05, 0.1) is 18.1 Å². The summed E-state index contributed by atoms with van der Waals surface area (Å²) in [5.74, 6) is -2.98. The van der Waals surface area contributed by atoms with Crippen LogP contribution in [-0.2, 0) is 16.6 Å². The highest BCUT2D eigenvalue weighted by Gasteiger charge is 2.25. The number of carbonyl (C=O) groups is 1. The first-order chi connectivity index (χ1) is 9.81. The summed E-state index contributed by atoms with van der Waals surface area (Å²) in [6, 6.07) is 3.22. The number of aromatic carboxylic acids is 1. The zero-order valence-corrected chi connectivity index (χ0v) is 11.9. The Kier molecular flexibility index (Phi) is 4.31. The molecule has 0 fully saturated rings. The molecule has 0 aliphatic carbocycles. The number of rotatable bonds is 5. The van der Waals surface area contributed by atoms with Crippen molar-refractivity contribution in [3.8, 4) is 0 Å². The van der Waals surface area contributed by atoms with Crippen molar-refractivity contribution in [1.29, 1.82) is 0 Å². The van der Waals surface area contributed by atoms with Crippen LogP contribution in [0.15, 0.2) is 40.0 Å². The molecule has 2 rings (SSSR count). The smallest absolute Gasteiger partial charge is 0.338 e. The van der Waals surface area contributed by atoms with Crippen LogP contribution < -0.4 is 4.72 Å². The zero-order valence-electron chi connectivity index (χ0n) is 10.3. The van der Waals surface area contributed by atoms with Crippen LogP contribution in [0.2, 0.25) is 5.02 Å². The second-order valence-corrected chi connectivity index (χ2v) is 6.20. The third-order valence-electron chi connectivity index (χ3n) is 2.57. The van der Waals surface area contributed by atoms with E-state index >= 15 is 0 Å². The molecule has 21 heavy (non-hydrogen) atoms. The number of sulfonamides is 1. The lowest BCUT2D eigenvalue weighted by Crippen LogP contribution is -2.24. The van der Waals surface area contributed by atoms with Crippen LogP contribution in [0.1, 0.15) is 15.9 Å². The Balaban J connectivity index is 2.37. The van der Waals surface area contributed by atoms with Gasteiger partial charge in [0.25, 0.3) is 0 Å². The van der Waals surface area contributed by atoms with Crippen molar-refractivity contribution in [3.63, 3.8) is 0 Å². The van der Waals surface area contributed by atoms with E-state index in [4.69, 9.17) is 21.1 Å². The molecular weight excluding hydrogens is 325 g/mol. The van der Waals surface area contributed by atoms with E-state index in [0.29, 0.717) is 5.56 Å². The van der Waals surface area contributed by atoms with Gasteiger partial charge in [-0.15, -0.1) is 0 Å². The van der Waals surface area contributed by atoms with Crippen molar-refractivity contribution < 1.29 is 27.1 Å². The minimum Gasteiger partial charge on any atom is -0.478 e. The van der Waals surface area contributed by atoms with Crippen molar-refractivity contribution in [2.24, 2.45) is 0 Å². The Morgan fingerprint density at radius 1 is 1.43 bits per heavy atom. The molecule has 1 aromatic carbocycles. The molecule has 2 N–H and O–H groups in total. The fraction of sp³-hybridized carbons (Fsp3) is 0.0833. The maximum absolute atomic E-state index is 14.0. The molecule has 1 heterocycles. The van der Waals surface area contributed by atoms with Crippen LogP contribution in [0.5, 0.6) is 0 Å². The van der Waals surface area contributed by atoms with Crippen LogP contribution >= 0.6 is 11.6 Å². The van der Waals surface area contributed by atoms with Crippen molar-refractivity contribution in [2.75, 3.05) is 0 Å². The molecule has 6 nitrogen and oxygen atoms in total. The van der Waals surface area contributed by atoms with Crippen LogP contribution in [0.4, 0.5) is 4.39 Å². The van der Waals surface area contributed by atoms with Crippen molar-refractivity contribution >= 4 is 27.6 Å². The maximum atomic E-state index is 14.0. The number of furan rings is 1. The average molecular weight is 334 g/mol. The molecule has 0 saturated heterocycles. The molecule has 0 saturated carbocycles. The van der Waals surface area contributed by atoms with E-state index in [1.807, 2.05) is 0 Å². The van der Waals surface area contributed by atoms with Gasteiger partial charge in [0.1, 0.15) is 4.90 Å². The first-order valence-electron chi connectivity index (χ1n) is 5.54. The van der Waals surface area contributed by atoms with Crippen LogP contribution in [0.3, 0.4) is 0 Å². The van der Waals surface area contributed by atoms with Gasteiger partial charge in [0, 0.05) is 17.1 Å². The average Bonchev–Trinajstić information content (AvgIpc) is 2.91. The fourth-order valence-corrected chi connectivity index (χ4v) is 2.99. The first-order valence-corrected chi connectivity index (χ1v) is 7.40. The third-order valence-corrected chi connectivity index (χ3v) is 4.19. The molecule has 0 bridgehead atoms. The van der Waals surface area contributed by atoms with Gasteiger partial charge < -0.3 is 9.52 Å². The Morgan fingerprint density at radius 3 is 2.71 bits per heavy atom. The molecular formula is C12H9ClFNO5S. The van der Waals surface area contributed by atoms with Gasteiger partial charge in [-0.25, -0.2) is 22.3 Å². The number of carboxylic acid groups (broad SMARTS) is 1. The SMILES string of the molecule is O=C(O)c1cc(Cl)cc(S(=O)(=O)NCc2ccoc2)c1F. The Bertz CT molecular complexity index is 773. The summed E-state index contributed by atoms with van der Waals surface area (Å²) in [5.41, 5.74) is -0.286. The molecule has 0 aliphatic heterocycles. The first kappa shape index (κ1) is 15.5. The molecule has 0 unspecified atom stereocenters. The van der Waals surface area contributed by atoms with Gasteiger partial charge >= 0.3 is 5.97 Å². The maximum Gasteiger partial charge on any atom is 0.338 e. The molecule has 0 atom stereocenters. The number of hydrogen-bond acceptors (Lipinski definition) is 4. The van der Waals surface area contributed by atoms with Crippen molar-refractivity contribution in [2.45, 2.75) is 11.4 Å². The second-order valence-electron chi connectivity index (χ2n) is 4.03. The Labute approximate surface area is 124 Å². The van der Waals surface area contributed by atoms with Crippen molar-refractivity contribution in [3.05, 3.63) is 52.7 Å². The molecule has 0 radical (unpaired) electrons. The van der Waals surface area contributed by atoms with E-state index in [9.17, 15) is 17.6 Å². The van der Waals surface area contributed by atoms with Gasteiger partial charge in [-0.1, -0.05) is 11.6 Å². The zero-order chi connectivity index (χ0) is 15.6. The molecule has 112 valence electrons. The molecule has 1 aromatic heterocycles. The number of nitrogens with one attached hydrogen (secondary N) is 1. The lowest BCUT2D eigenvalue weighted by atomic mass is 10.2. The monoisotopic (exact) mass is 333 g/mol. The summed E-state index contributed by atoms with van der Waals surface area (Å²) in [5, 5.41) is 8.64. The fourth-order valence-electron chi connectivity index (χ4n) is 1.56. The highest BCUT2D eigenvalue weighted by atomic mass is 35.5. The highest BCUT2D eigenvalue weighted by molar-refractivity contribution is 7.89. The largest absolute Gasteiger partial charge is 0.478 e. The van der Waals surface area contributed by atoms with E-state index < -0.39 is 32.3 Å². The highest BCUT2D eigenvalue weighted by Crippen LogP contribution is 2.24. The molecule has 0 aliphatic rings. The van der Waals surface area contributed by atoms with Crippen molar-refractivity contribution in [1.82, 2.24) is 4.72 Å². The standard InChI is InChI=1S/C12H9ClFNO5S/c13-8-3-9(12(16)17)11(14)10(4-8)21(18,19)15-5-7-1-2-20-6-7/h1-4,6,15H,5H2,(H,16,17). The number of benzene rings is 1. The normalized spacial score (nSPS) is 11.5. The minimum atomic E-state index is -4.26. The van der Waals surface area contributed by atoms with E-state index in [2.05, 4.69) is 4.72 Å². The van der Waals surface area contributed by atoms with E-state index in [1.54, 1.807) is 0 Å². The molecule has 0 amide bonds. The van der Waals surface area contributed by atoms with Crippen LogP contribution in [0, 0.1) is 5.82 Å². The molecule has 9 heteroatoms. The predicted molar refractivity (Wildman–Crippen MR) is 71.1 cm³/mol. The summed E-state index contributed by atoms with van der Waals surface area (Å²) in [6.07, 6.45) is 2.67.